The van der Waals surface area contributed by atoms with E-state index in [2.05, 4.69) is 10.6 Å². The fourth-order valence-corrected chi connectivity index (χ4v) is 1.97. The molecule has 0 aliphatic carbocycles. The summed E-state index contributed by atoms with van der Waals surface area (Å²) in [4.78, 5) is 44.7. The third-order valence-electron chi connectivity index (χ3n) is 3.10. The molecule has 0 aliphatic rings. The molecule has 8 heteroatoms. The largest absolute Gasteiger partial charge is 0.491 e. The highest BCUT2D eigenvalue weighted by Crippen LogP contribution is 2.17. The Hall–Kier alpha value is -2.64. The minimum absolute atomic E-state index is 0.0390. The molecule has 2 aromatic rings. The number of nitrogens with one attached hydrogen (secondary N) is 2. The first kappa shape index (κ1) is 14.8. The maximum Gasteiger partial charge on any atom is 0.271 e. The number of ether oxygens (including phenoxy) is 2. The molecule has 0 unspecified atom stereocenters. The third-order valence-corrected chi connectivity index (χ3v) is 3.10. The first-order chi connectivity index (χ1) is 10.0. The van der Waals surface area contributed by atoms with Gasteiger partial charge in [-0.05, 0) is 6.42 Å². The maximum atomic E-state index is 11.2. The summed E-state index contributed by atoms with van der Waals surface area (Å²) in [5, 5.41) is 5.60. The van der Waals surface area contributed by atoms with Crippen LogP contribution in [0.5, 0.6) is 11.5 Å². The molecule has 0 aliphatic heterocycles. The monoisotopic (exact) mass is 294 g/mol. The van der Waals surface area contributed by atoms with Crippen molar-refractivity contribution in [3.63, 3.8) is 0 Å². The normalized spacial score (nSPS) is 10.8. The van der Waals surface area contributed by atoms with E-state index in [0.717, 1.165) is 0 Å². The van der Waals surface area contributed by atoms with E-state index < -0.39 is 21.7 Å². The van der Waals surface area contributed by atoms with Crippen LogP contribution in [0.4, 0.5) is 11.4 Å². The summed E-state index contributed by atoms with van der Waals surface area (Å²) in [5.41, 5.74) is -2.10. The molecule has 2 N–H and O–H groups in total. The van der Waals surface area contributed by atoms with Crippen LogP contribution >= 0.6 is 0 Å². The van der Waals surface area contributed by atoms with Crippen LogP contribution in [0.1, 0.15) is 6.42 Å². The second-order valence-electron chi connectivity index (χ2n) is 4.34. The van der Waals surface area contributed by atoms with Crippen molar-refractivity contribution in [1.29, 1.82) is 0 Å². The summed E-state index contributed by atoms with van der Waals surface area (Å²) in [6, 6.07) is 0. The molecule has 21 heavy (non-hydrogen) atoms. The van der Waals surface area contributed by atoms with Gasteiger partial charge in [0.25, 0.3) is 21.7 Å². The standard InChI is InChI=1S/C13H14N2O6/c1-20-12-6(8(16)10(12)18)14-4-3-5-15-7-9(17)11(19)13(7)21-2/h14-15H,3-5H2,1-2H3. The Morgan fingerprint density at radius 2 is 1.10 bits per heavy atom. The Kier molecular flexibility index (Phi) is 4.06. The topological polar surface area (TPSA) is 111 Å². The van der Waals surface area contributed by atoms with Crippen LogP contribution < -0.4 is 41.8 Å². The summed E-state index contributed by atoms with van der Waals surface area (Å²) in [7, 11) is 2.64. The molecule has 0 heterocycles. The lowest BCUT2D eigenvalue weighted by molar-refractivity contribution is 0.407. The summed E-state index contributed by atoms with van der Waals surface area (Å²) in [6.45, 7) is 0.817. The van der Waals surface area contributed by atoms with Gasteiger partial charge in [0.15, 0.2) is 11.5 Å². The SMILES string of the molecule is COc1c(NCCCNc2c(OC)c(=O)c2=O)c(=O)c1=O. The number of rotatable bonds is 8. The summed E-state index contributed by atoms with van der Waals surface area (Å²) in [6.07, 6.45) is 0.559. The molecule has 2 rings (SSSR count). The van der Waals surface area contributed by atoms with E-state index in [1.807, 2.05) is 0 Å². The van der Waals surface area contributed by atoms with Gasteiger partial charge >= 0.3 is 0 Å². The molecule has 112 valence electrons. The highest BCUT2D eigenvalue weighted by molar-refractivity contribution is 5.62. The molecular formula is C13H14N2O6. The average molecular weight is 294 g/mol. The van der Waals surface area contributed by atoms with E-state index in [1.54, 1.807) is 0 Å². The Balaban J connectivity index is 1.79. The van der Waals surface area contributed by atoms with E-state index in [4.69, 9.17) is 9.47 Å². The zero-order valence-electron chi connectivity index (χ0n) is 11.6. The van der Waals surface area contributed by atoms with Gasteiger partial charge in [-0.25, -0.2) is 0 Å². The highest BCUT2D eigenvalue weighted by Gasteiger charge is 2.22. The van der Waals surface area contributed by atoms with Gasteiger partial charge in [-0.1, -0.05) is 0 Å². The molecule has 2 aromatic carbocycles. The number of hydrogen-bond acceptors (Lipinski definition) is 8. The van der Waals surface area contributed by atoms with Crippen molar-refractivity contribution >= 4 is 11.4 Å². The molecular weight excluding hydrogens is 280 g/mol. The summed E-state index contributed by atoms with van der Waals surface area (Å²) in [5.74, 6) is 0.0780. The van der Waals surface area contributed by atoms with Gasteiger partial charge in [-0.2, -0.15) is 0 Å². The zero-order valence-corrected chi connectivity index (χ0v) is 11.6. The van der Waals surface area contributed by atoms with Gasteiger partial charge in [0.1, 0.15) is 11.4 Å². The fourth-order valence-electron chi connectivity index (χ4n) is 1.97. The number of anilines is 2. The van der Waals surface area contributed by atoms with Crippen molar-refractivity contribution in [2.75, 3.05) is 37.9 Å². The van der Waals surface area contributed by atoms with Crippen LogP contribution in [0.2, 0.25) is 0 Å². The van der Waals surface area contributed by atoms with E-state index in [0.29, 0.717) is 19.5 Å². The lowest BCUT2D eigenvalue weighted by atomic mass is 10.2. The van der Waals surface area contributed by atoms with Gasteiger partial charge in [0.05, 0.1) is 14.2 Å². The van der Waals surface area contributed by atoms with E-state index in [-0.39, 0.29) is 22.9 Å². The third kappa shape index (κ3) is 2.39. The molecule has 0 saturated carbocycles. The summed E-state index contributed by atoms with van der Waals surface area (Å²) < 4.78 is 9.57. The second kappa shape index (κ2) is 5.78. The van der Waals surface area contributed by atoms with Gasteiger partial charge in [0, 0.05) is 13.1 Å². The highest BCUT2D eigenvalue weighted by atomic mass is 16.5. The molecule has 0 aromatic heterocycles. The van der Waals surface area contributed by atoms with Crippen LogP contribution in [0, 0.1) is 0 Å². The Morgan fingerprint density at radius 3 is 1.43 bits per heavy atom. The molecule has 0 spiro atoms. The van der Waals surface area contributed by atoms with Crippen LogP contribution in [-0.4, -0.2) is 27.3 Å². The fraction of sp³-hybridized carbons (Fsp3) is 0.385. The zero-order chi connectivity index (χ0) is 15.6. The Morgan fingerprint density at radius 1 is 0.714 bits per heavy atom. The van der Waals surface area contributed by atoms with Crippen molar-refractivity contribution in [2.24, 2.45) is 0 Å². The summed E-state index contributed by atoms with van der Waals surface area (Å²) >= 11 is 0. The smallest absolute Gasteiger partial charge is 0.271 e. The van der Waals surface area contributed by atoms with Crippen molar-refractivity contribution in [2.45, 2.75) is 6.42 Å². The molecule has 0 bridgehead atoms. The van der Waals surface area contributed by atoms with E-state index in [9.17, 15) is 19.2 Å². The van der Waals surface area contributed by atoms with E-state index in [1.165, 1.54) is 14.2 Å². The molecule has 0 amide bonds. The minimum atomic E-state index is -0.633. The predicted molar refractivity (Wildman–Crippen MR) is 77.4 cm³/mol. The minimum Gasteiger partial charge on any atom is -0.491 e. The lowest BCUT2D eigenvalue weighted by Gasteiger charge is -2.13. The van der Waals surface area contributed by atoms with Crippen molar-refractivity contribution in [1.82, 2.24) is 0 Å². The average Bonchev–Trinajstić information content (AvgIpc) is 2.50. The van der Waals surface area contributed by atoms with Crippen LogP contribution in [0.3, 0.4) is 0 Å². The first-order valence-corrected chi connectivity index (χ1v) is 6.25. The van der Waals surface area contributed by atoms with Crippen molar-refractivity contribution < 1.29 is 9.47 Å². The van der Waals surface area contributed by atoms with E-state index >= 15 is 0 Å². The van der Waals surface area contributed by atoms with Crippen LogP contribution in [0.25, 0.3) is 0 Å². The van der Waals surface area contributed by atoms with Crippen LogP contribution in [0.15, 0.2) is 19.2 Å². The quantitative estimate of drug-likeness (QED) is 0.462. The molecule has 0 radical (unpaired) electrons. The van der Waals surface area contributed by atoms with Gasteiger partial charge < -0.3 is 20.1 Å². The van der Waals surface area contributed by atoms with Crippen molar-refractivity contribution in [3.05, 3.63) is 40.9 Å². The molecule has 0 fully saturated rings. The molecule has 0 atom stereocenters. The molecule has 0 saturated heterocycles. The number of hydrogen-bond donors (Lipinski definition) is 2. The molecule has 8 nitrogen and oxygen atoms in total. The Bertz CT molecular complexity index is 726. The Labute approximate surface area is 118 Å². The van der Waals surface area contributed by atoms with Crippen molar-refractivity contribution in [3.8, 4) is 11.5 Å². The lowest BCUT2D eigenvalue weighted by Crippen LogP contribution is -2.36. The predicted octanol–water partition coefficient (Wildman–Crippen LogP) is -1.19. The van der Waals surface area contributed by atoms with Crippen LogP contribution in [-0.2, 0) is 0 Å². The van der Waals surface area contributed by atoms with Gasteiger partial charge in [-0.15, -0.1) is 0 Å². The van der Waals surface area contributed by atoms with Gasteiger partial charge in [-0.3, -0.25) is 19.2 Å². The second-order valence-corrected chi connectivity index (χ2v) is 4.34. The first-order valence-electron chi connectivity index (χ1n) is 6.25. The number of methoxy groups -OCH3 is 2. The van der Waals surface area contributed by atoms with Gasteiger partial charge in [0.2, 0.25) is 0 Å². The maximum absolute atomic E-state index is 11.2.